The lowest BCUT2D eigenvalue weighted by Crippen LogP contribution is -2.32. The summed E-state index contributed by atoms with van der Waals surface area (Å²) >= 11 is 0. The van der Waals surface area contributed by atoms with Crippen LogP contribution < -0.4 is 16.2 Å². The Morgan fingerprint density at radius 1 is 1.19 bits per heavy atom. The molecule has 1 unspecified atom stereocenters. The van der Waals surface area contributed by atoms with E-state index < -0.39 is 18.8 Å². The van der Waals surface area contributed by atoms with Crippen molar-refractivity contribution < 1.29 is 13.9 Å². The van der Waals surface area contributed by atoms with Crippen molar-refractivity contribution in [2.45, 2.75) is 19.9 Å². The Labute approximate surface area is 187 Å². The molecule has 31 heavy (non-hydrogen) atoms. The van der Waals surface area contributed by atoms with Crippen LogP contribution in [0, 0.1) is 0 Å². The molecule has 0 aliphatic heterocycles. The third kappa shape index (κ3) is 5.91. The number of carbonyl (C=O) groups is 1. The molecular weight excluding hydrogens is 435 g/mol. The van der Waals surface area contributed by atoms with Crippen LogP contribution in [0.15, 0.2) is 59.7 Å². The number of nitrogens with one attached hydrogen (secondary N) is 2. The number of hydrogen-bond donors (Lipinski definition) is 2. The second kappa shape index (κ2) is 10.5. The first-order valence-electron chi connectivity index (χ1n) is 9.46. The monoisotopic (exact) mass is 460 g/mol. The van der Waals surface area contributed by atoms with E-state index in [1.54, 1.807) is 69.2 Å². The second-order valence-electron chi connectivity index (χ2n) is 6.74. The van der Waals surface area contributed by atoms with Gasteiger partial charge >= 0.3 is 0 Å². The van der Waals surface area contributed by atoms with Crippen LogP contribution in [0.25, 0.3) is 11.5 Å². The lowest BCUT2D eigenvalue weighted by molar-refractivity contribution is 0.0938. The highest BCUT2D eigenvalue weighted by Crippen LogP contribution is 2.41. The van der Waals surface area contributed by atoms with E-state index in [0.717, 1.165) is 5.56 Å². The first-order valence-corrected chi connectivity index (χ1v) is 11.5. The Balaban J connectivity index is 0.00000341. The smallest absolute Gasteiger partial charge is 0.264 e. The first kappa shape index (κ1) is 24.5. The highest BCUT2D eigenvalue weighted by Gasteiger charge is 2.20. The Morgan fingerprint density at radius 3 is 2.48 bits per heavy atom. The largest absolute Gasteiger partial charge is 0.345 e. The molecular formula is C21H25N4O4PS. The number of benzene rings is 1. The maximum Gasteiger partial charge on any atom is 0.264 e. The summed E-state index contributed by atoms with van der Waals surface area (Å²) in [6.07, 6.45) is 2.83. The third-order valence-electron chi connectivity index (χ3n) is 4.54. The van der Waals surface area contributed by atoms with Crippen molar-refractivity contribution in [1.29, 1.82) is 0 Å². The fraction of sp³-hybridized carbons (Fsp3) is 0.238. The SMILES string of the molecule is CCOP(C)(=O)c1ccc([C@H](C)NC(=O)c2cnc(-c3ccccn3)[nH]c2=O)cc1.S. The van der Waals surface area contributed by atoms with Gasteiger partial charge in [-0.1, -0.05) is 18.2 Å². The van der Waals surface area contributed by atoms with Gasteiger partial charge in [-0.15, -0.1) is 0 Å². The molecule has 164 valence electrons. The lowest BCUT2D eigenvalue weighted by atomic mass is 10.1. The number of H-pyrrole nitrogens is 1. The normalized spacial score (nSPS) is 13.5. The second-order valence-corrected chi connectivity index (χ2v) is 9.21. The quantitative estimate of drug-likeness (QED) is 0.524. The molecule has 2 N–H and O–H groups in total. The molecule has 0 aliphatic rings. The summed E-state index contributed by atoms with van der Waals surface area (Å²) in [7, 11) is -2.85. The van der Waals surface area contributed by atoms with E-state index in [0.29, 0.717) is 23.4 Å². The van der Waals surface area contributed by atoms with Crippen molar-refractivity contribution >= 4 is 32.1 Å². The number of aromatic nitrogens is 3. The standard InChI is InChI=1S/C21H23N4O4P.H2S/c1-4-29-30(3,28)16-10-8-15(9-11-16)14(2)24-20(26)17-13-23-19(25-21(17)27)18-7-5-6-12-22-18;/h5-14H,4H2,1-3H3,(H,24,26)(H,23,25,27);1H2/t14-,30?;/m0./s1. The molecule has 0 aliphatic carbocycles. The summed E-state index contributed by atoms with van der Waals surface area (Å²) in [6.45, 7) is 5.53. The molecule has 1 amide bonds. The number of carbonyl (C=O) groups excluding carboxylic acids is 1. The Hall–Kier alpha value is -2.74. The minimum Gasteiger partial charge on any atom is -0.345 e. The summed E-state index contributed by atoms with van der Waals surface area (Å²) in [5, 5.41) is 3.39. The van der Waals surface area contributed by atoms with Crippen molar-refractivity contribution in [2.24, 2.45) is 0 Å². The van der Waals surface area contributed by atoms with Crippen molar-refractivity contribution in [3.8, 4) is 11.5 Å². The van der Waals surface area contributed by atoms with Crippen LogP contribution in [0.2, 0.25) is 0 Å². The van der Waals surface area contributed by atoms with Gasteiger partial charge < -0.3 is 14.8 Å². The molecule has 0 saturated carbocycles. The summed E-state index contributed by atoms with van der Waals surface area (Å²) in [5.74, 6) is -0.248. The molecule has 1 aromatic carbocycles. The molecule has 2 aromatic heterocycles. The molecule has 3 aromatic rings. The highest BCUT2D eigenvalue weighted by molar-refractivity contribution is 7.66. The van der Waals surface area contributed by atoms with Gasteiger partial charge in [0.05, 0.1) is 12.6 Å². The summed E-state index contributed by atoms with van der Waals surface area (Å²) in [6, 6.07) is 11.9. The molecule has 3 rings (SSSR count). The highest BCUT2D eigenvalue weighted by atomic mass is 32.1. The average Bonchev–Trinajstić information content (AvgIpc) is 2.74. The number of rotatable bonds is 7. The van der Waals surface area contributed by atoms with Crippen molar-refractivity contribution in [1.82, 2.24) is 20.3 Å². The van der Waals surface area contributed by atoms with Gasteiger partial charge in [0.2, 0.25) is 7.37 Å². The van der Waals surface area contributed by atoms with Crippen LogP contribution in [0.5, 0.6) is 0 Å². The predicted octanol–water partition coefficient (Wildman–Crippen LogP) is 3.01. The molecule has 0 radical (unpaired) electrons. The van der Waals surface area contributed by atoms with E-state index in [1.807, 2.05) is 0 Å². The topological polar surface area (TPSA) is 114 Å². The van der Waals surface area contributed by atoms with Gasteiger partial charge in [-0.05, 0) is 43.7 Å². The molecule has 0 spiro atoms. The van der Waals surface area contributed by atoms with E-state index in [2.05, 4.69) is 20.3 Å². The van der Waals surface area contributed by atoms with Crippen molar-refractivity contribution in [2.75, 3.05) is 13.3 Å². The zero-order valence-corrected chi connectivity index (χ0v) is 19.3. The van der Waals surface area contributed by atoms with Crippen LogP contribution in [-0.2, 0) is 9.09 Å². The molecule has 0 fully saturated rings. The van der Waals surface area contributed by atoms with E-state index in [4.69, 9.17) is 4.52 Å². The Morgan fingerprint density at radius 2 is 1.90 bits per heavy atom. The van der Waals surface area contributed by atoms with Gasteiger partial charge in [0.25, 0.3) is 11.5 Å². The zero-order valence-electron chi connectivity index (χ0n) is 17.5. The number of hydrogen-bond acceptors (Lipinski definition) is 6. The molecule has 8 nitrogen and oxygen atoms in total. The maximum atomic E-state index is 12.6. The fourth-order valence-electron chi connectivity index (χ4n) is 2.90. The van der Waals surface area contributed by atoms with Crippen LogP contribution in [0.1, 0.15) is 35.8 Å². The maximum absolute atomic E-state index is 12.6. The summed E-state index contributed by atoms with van der Waals surface area (Å²) < 4.78 is 17.8. The van der Waals surface area contributed by atoms with Crippen LogP contribution in [0.3, 0.4) is 0 Å². The number of aromatic amines is 1. The van der Waals surface area contributed by atoms with E-state index >= 15 is 0 Å². The van der Waals surface area contributed by atoms with E-state index in [9.17, 15) is 14.2 Å². The number of nitrogens with zero attached hydrogens (tertiary/aromatic N) is 2. The fourth-order valence-corrected chi connectivity index (χ4v) is 4.23. The van der Waals surface area contributed by atoms with Gasteiger partial charge in [0.1, 0.15) is 11.3 Å². The Kier molecular flexibility index (Phi) is 8.33. The summed E-state index contributed by atoms with van der Waals surface area (Å²) in [4.78, 5) is 35.8. The predicted molar refractivity (Wildman–Crippen MR) is 126 cm³/mol. The van der Waals surface area contributed by atoms with E-state index in [-0.39, 0.29) is 25.1 Å². The molecule has 0 bridgehead atoms. The van der Waals surface area contributed by atoms with Crippen LogP contribution in [0.4, 0.5) is 0 Å². The Bertz CT molecular complexity index is 1140. The lowest BCUT2D eigenvalue weighted by Gasteiger charge is -2.17. The van der Waals surface area contributed by atoms with Crippen LogP contribution >= 0.6 is 20.9 Å². The van der Waals surface area contributed by atoms with E-state index in [1.165, 1.54) is 6.20 Å². The molecule has 0 saturated heterocycles. The van der Waals surface area contributed by atoms with Crippen molar-refractivity contribution in [3.63, 3.8) is 0 Å². The average molecular weight is 460 g/mol. The molecule has 2 heterocycles. The van der Waals surface area contributed by atoms with Crippen LogP contribution in [-0.4, -0.2) is 34.1 Å². The van der Waals surface area contributed by atoms with Gasteiger partial charge in [-0.25, -0.2) is 4.98 Å². The van der Waals surface area contributed by atoms with Gasteiger partial charge in [0, 0.05) is 24.4 Å². The van der Waals surface area contributed by atoms with Gasteiger partial charge in [0.15, 0.2) is 5.82 Å². The first-order chi connectivity index (χ1) is 14.3. The summed E-state index contributed by atoms with van der Waals surface area (Å²) in [5.41, 5.74) is 0.676. The minimum atomic E-state index is -2.85. The zero-order chi connectivity index (χ0) is 21.7. The van der Waals surface area contributed by atoms with Gasteiger partial charge in [-0.3, -0.25) is 19.1 Å². The molecule has 10 heteroatoms. The number of amides is 1. The molecule has 2 atom stereocenters. The van der Waals surface area contributed by atoms with Gasteiger partial charge in [-0.2, -0.15) is 13.5 Å². The number of pyridine rings is 1. The van der Waals surface area contributed by atoms with Crippen molar-refractivity contribution in [3.05, 3.63) is 76.3 Å². The minimum absolute atomic E-state index is 0. The third-order valence-corrected chi connectivity index (χ3v) is 6.52.